The van der Waals surface area contributed by atoms with Gasteiger partial charge in [-0.1, -0.05) is 18.2 Å². The van der Waals surface area contributed by atoms with Crippen molar-refractivity contribution in [1.29, 1.82) is 0 Å². The zero-order valence-electron chi connectivity index (χ0n) is 14.2. The van der Waals surface area contributed by atoms with E-state index in [4.69, 9.17) is 14.2 Å². The van der Waals surface area contributed by atoms with E-state index in [0.717, 1.165) is 0 Å². The van der Waals surface area contributed by atoms with E-state index in [1.807, 2.05) is 4.72 Å². The third-order valence-corrected chi connectivity index (χ3v) is 4.41. The third-order valence-electron chi connectivity index (χ3n) is 2.97. The molecule has 2 amide bonds. The van der Waals surface area contributed by atoms with Gasteiger partial charge in [-0.15, -0.1) is 4.98 Å². The van der Waals surface area contributed by atoms with Crippen LogP contribution in [-0.2, 0) is 21.4 Å². The average Bonchev–Trinajstić information content (AvgIpc) is 2.61. The average molecular weight is 383 g/mol. The van der Waals surface area contributed by atoms with Crippen molar-refractivity contribution in [3.63, 3.8) is 0 Å². The molecular weight excluding hydrogens is 366 g/mol. The lowest BCUT2D eigenvalue weighted by atomic mass is 10.2. The first-order valence-corrected chi connectivity index (χ1v) is 8.62. The number of hydrogen-bond acceptors (Lipinski definition) is 9. The Morgan fingerprint density at radius 2 is 1.65 bits per heavy atom. The quantitative estimate of drug-likeness (QED) is 0.700. The second kappa shape index (κ2) is 8.40. The molecule has 0 radical (unpaired) electrons. The molecule has 1 aromatic carbocycles. The van der Waals surface area contributed by atoms with E-state index in [2.05, 4.69) is 20.3 Å². The van der Waals surface area contributed by atoms with Gasteiger partial charge in [0.1, 0.15) is 0 Å². The van der Waals surface area contributed by atoms with E-state index in [0.29, 0.717) is 5.56 Å². The van der Waals surface area contributed by atoms with Gasteiger partial charge in [0.2, 0.25) is 5.95 Å². The fourth-order valence-corrected chi connectivity index (χ4v) is 3.06. The molecule has 12 heteroatoms. The first-order valence-electron chi connectivity index (χ1n) is 7.14. The first kappa shape index (κ1) is 19.3. The molecule has 0 aliphatic rings. The van der Waals surface area contributed by atoms with E-state index in [1.165, 1.54) is 33.5 Å². The number of methoxy groups -OCH3 is 3. The molecule has 2 rings (SSSR count). The van der Waals surface area contributed by atoms with E-state index < -0.39 is 16.1 Å². The minimum atomic E-state index is -4.14. The van der Waals surface area contributed by atoms with Gasteiger partial charge in [0, 0.05) is 7.11 Å². The second-order valence-corrected chi connectivity index (χ2v) is 6.38. The molecule has 0 aliphatic carbocycles. The highest BCUT2D eigenvalue weighted by molar-refractivity contribution is 7.90. The normalized spacial score (nSPS) is 10.9. The van der Waals surface area contributed by atoms with E-state index in [-0.39, 0.29) is 29.5 Å². The number of anilines is 1. The lowest BCUT2D eigenvalue weighted by molar-refractivity contribution is 0.182. The van der Waals surface area contributed by atoms with Crippen molar-refractivity contribution in [3.05, 3.63) is 29.8 Å². The van der Waals surface area contributed by atoms with Crippen LogP contribution < -0.4 is 19.5 Å². The fourth-order valence-electron chi connectivity index (χ4n) is 1.92. The SMILES string of the molecule is COCc1ccccc1S(=O)(=O)NC(=O)Nc1nc(OC)nc(OC)n1. The predicted octanol–water partition coefficient (Wildman–Crippen LogP) is 0.546. The van der Waals surface area contributed by atoms with Crippen molar-refractivity contribution >= 4 is 22.0 Å². The molecule has 0 saturated carbocycles. The maximum atomic E-state index is 12.4. The van der Waals surface area contributed by atoms with Crippen LogP contribution in [0.5, 0.6) is 12.0 Å². The Morgan fingerprint density at radius 3 is 2.23 bits per heavy atom. The summed E-state index contributed by atoms with van der Waals surface area (Å²) in [6, 6.07) is 4.86. The zero-order valence-corrected chi connectivity index (χ0v) is 15.0. The van der Waals surface area contributed by atoms with Crippen molar-refractivity contribution in [2.24, 2.45) is 0 Å². The van der Waals surface area contributed by atoms with Crippen LogP contribution in [0.1, 0.15) is 5.56 Å². The van der Waals surface area contributed by atoms with Crippen LogP contribution in [0.3, 0.4) is 0 Å². The summed E-state index contributed by atoms with van der Waals surface area (Å²) in [6.07, 6.45) is 0. The number of carbonyl (C=O) groups is 1. The molecule has 140 valence electrons. The Labute approximate surface area is 149 Å². The fraction of sp³-hybridized carbons (Fsp3) is 0.286. The van der Waals surface area contributed by atoms with Crippen LogP contribution in [0.25, 0.3) is 0 Å². The van der Waals surface area contributed by atoms with Crippen molar-refractivity contribution in [2.75, 3.05) is 26.6 Å². The van der Waals surface area contributed by atoms with Gasteiger partial charge < -0.3 is 14.2 Å². The van der Waals surface area contributed by atoms with Crippen molar-refractivity contribution in [2.45, 2.75) is 11.5 Å². The third kappa shape index (κ3) is 4.77. The molecule has 1 heterocycles. The van der Waals surface area contributed by atoms with E-state index in [1.54, 1.807) is 12.1 Å². The lowest BCUT2D eigenvalue weighted by Crippen LogP contribution is -2.35. The van der Waals surface area contributed by atoms with Gasteiger partial charge in [-0.05, 0) is 11.6 Å². The minimum Gasteiger partial charge on any atom is -0.467 e. The van der Waals surface area contributed by atoms with Gasteiger partial charge in [0.25, 0.3) is 10.0 Å². The highest BCUT2D eigenvalue weighted by Gasteiger charge is 2.21. The topological polar surface area (TPSA) is 142 Å². The van der Waals surface area contributed by atoms with Gasteiger partial charge in [0.05, 0.1) is 25.7 Å². The second-order valence-electron chi connectivity index (χ2n) is 4.73. The number of sulfonamides is 1. The number of nitrogens with zero attached hydrogens (tertiary/aromatic N) is 3. The lowest BCUT2D eigenvalue weighted by Gasteiger charge is -2.11. The van der Waals surface area contributed by atoms with Gasteiger partial charge >= 0.3 is 18.1 Å². The number of ether oxygens (including phenoxy) is 3. The largest absolute Gasteiger partial charge is 0.467 e. The molecule has 11 nitrogen and oxygen atoms in total. The van der Waals surface area contributed by atoms with Crippen LogP contribution >= 0.6 is 0 Å². The maximum Gasteiger partial charge on any atom is 0.335 e. The summed E-state index contributed by atoms with van der Waals surface area (Å²) in [5.41, 5.74) is 0.402. The van der Waals surface area contributed by atoms with Gasteiger partial charge in [-0.3, -0.25) is 5.32 Å². The van der Waals surface area contributed by atoms with Crippen molar-refractivity contribution in [1.82, 2.24) is 19.7 Å². The van der Waals surface area contributed by atoms with E-state index >= 15 is 0 Å². The zero-order chi connectivity index (χ0) is 19.2. The highest BCUT2D eigenvalue weighted by Crippen LogP contribution is 2.16. The van der Waals surface area contributed by atoms with Crippen LogP contribution in [0.4, 0.5) is 10.7 Å². The molecule has 2 N–H and O–H groups in total. The van der Waals surface area contributed by atoms with Gasteiger partial charge in [-0.2, -0.15) is 9.97 Å². The summed E-state index contributed by atoms with van der Waals surface area (Å²) in [7, 11) is -0.0734. The van der Waals surface area contributed by atoms with Crippen molar-refractivity contribution < 1.29 is 27.4 Å². The van der Waals surface area contributed by atoms with Gasteiger partial charge in [-0.25, -0.2) is 17.9 Å². The summed E-state index contributed by atoms with van der Waals surface area (Å²) in [5, 5.41) is 2.19. The Kier molecular flexibility index (Phi) is 6.25. The standard InChI is InChI=1S/C14H17N5O6S/c1-23-8-9-6-4-5-7-10(9)26(21,22)19-12(20)15-11-16-13(24-2)18-14(17-11)25-3/h4-7H,8H2,1-3H3,(H2,15,16,17,18,19,20). The van der Waals surface area contributed by atoms with Crippen LogP contribution in [0.2, 0.25) is 0 Å². The molecule has 0 bridgehead atoms. The molecule has 26 heavy (non-hydrogen) atoms. The van der Waals surface area contributed by atoms with Crippen LogP contribution in [-0.4, -0.2) is 50.7 Å². The number of urea groups is 1. The Bertz CT molecular complexity index is 867. The Balaban J connectivity index is 2.19. The number of amides is 2. The van der Waals surface area contributed by atoms with Crippen molar-refractivity contribution in [3.8, 4) is 12.0 Å². The first-order chi connectivity index (χ1) is 12.4. The predicted molar refractivity (Wildman–Crippen MR) is 89.4 cm³/mol. The summed E-state index contributed by atoms with van der Waals surface area (Å²) in [6.45, 7) is 0.0700. The molecule has 0 spiro atoms. The molecule has 0 fully saturated rings. The number of aromatic nitrogens is 3. The van der Waals surface area contributed by atoms with E-state index in [9.17, 15) is 13.2 Å². The van der Waals surface area contributed by atoms with Crippen LogP contribution in [0.15, 0.2) is 29.2 Å². The minimum absolute atomic E-state index is 0.0700. The van der Waals surface area contributed by atoms with Crippen LogP contribution in [0, 0.1) is 0 Å². The molecule has 0 atom stereocenters. The molecule has 1 aromatic heterocycles. The summed E-state index contributed by atoms with van der Waals surface area (Å²) in [4.78, 5) is 23.3. The highest BCUT2D eigenvalue weighted by atomic mass is 32.2. The summed E-state index contributed by atoms with van der Waals surface area (Å²) in [5.74, 6) is -0.244. The molecule has 0 unspecified atom stereocenters. The smallest absolute Gasteiger partial charge is 0.335 e. The summed E-state index contributed by atoms with van der Waals surface area (Å²) >= 11 is 0. The van der Waals surface area contributed by atoms with Gasteiger partial charge in [0.15, 0.2) is 0 Å². The summed E-state index contributed by atoms with van der Waals surface area (Å²) < 4.78 is 41.4. The number of carbonyl (C=O) groups excluding carboxylic acids is 1. The Hall–Kier alpha value is -2.99. The number of nitrogens with one attached hydrogen (secondary N) is 2. The molecule has 0 saturated heterocycles. The Morgan fingerprint density at radius 1 is 1.04 bits per heavy atom. The molecule has 0 aliphatic heterocycles. The number of hydrogen-bond donors (Lipinski definition) is 2. The molecular formula is C14H17N5O6S. The molecule has 2 aromatic rings. The monoisotopic (exact) mass is 383 g/mol. The number of benzene rings is 1. The number of rotatable bonds is 7. The maximum absolute atomic E-state index is 12.4.